The van der Waals surface area contributed by atoms with Crippen LogP contribution in [0.3, 0.4) is 0 Å². The molecule has 0 bridgehead atoms. The van der Waals surface area contributed by atoms with Gasteiger partial charge in [-0.1, -0.05) is 12.1 Å². The van der Waals surface area contributed by atoms with E-state index in [0.717, 1.165) is 5.39 Å². The fourth-order valence-corrected chi connectivity index (χ4v) is 2.99. The number of aromatic hydroxyl groups is 1. The summed E-state index contributed by atoms with van der Waals surface area (Å²) in [6.45, 7) is 0. The first kappa shape index (κ1) is 15.1. The zero-order chi connectivity index (χ0) is 16.6. The van der Waals surface area contributed by atoms with Crippen molar-refractivity contribution in [3.8, 4) is 5.75 Å². The minimum absolute atomic E-state index is 0.0264. The lowest BCUT2D eigenvalue weighted by Crippen LogP contribution is -2.04. The molecule has 0 aliphatic carbocycles. The fraction of sp³-hybridized carbons (Fsp3) is 0. The average molecular weight is 330 g/mol. The molecule has 0 aromatic heterocycles. The molecular formula is C16H14N2O4S. The van der Waals surface area contributed by atoms with Gasteiger partial charge >= 0.3 is 0 Å². The first-order valence-corrected chi connectivity index (χ1v) is 8.14. The van der Waals surface area contributed by atoms with Gasteiger partial charge in [-0.3, -0.25) is 4.55 Å². The van der Waals surface area contributed by atoms with Gasteiger partial charge < -0.3 is 16.2 Å². The van der Waals surface area contributed by atoms with E-state index >= 15 is 0 Å². The Morgan fingerprint density at radius 2 is 1.65 bits per heavy atom. The van der Waals surface area contributed by atoms with Gasteiger partial charge in [0.05, 0.1) is 5.69 Å². The van der Waals surface area contributed by atoms with Gasteiger partial charge in [-0.2, -0.15) is 8.42 Å². The van der Waals surface area contributed by atoms with Crippen LogP contribution in [0.2, 0.25) is 0 Å². The highest BCUT2D eigenvalue weighted by molar-refractivity contribution is 7.86. The van der Waals surface area contributed by atoms with Crippen LogP contribution in [0.15, 0.2) is 59.5 Å². The van der Waals surface area contributed by atoms with E-state index in [4.69, 9.17) is 10.3 Å². The molecular weight excluding hydrogens is 316 g/mol. The number of nitrogens with two attached hydrogens (primary N) is 1. The van der Waals surface area contributed by atoms with Crippen LogP contribution in [0.4, 0.5) is 17.1 Å². The van der Waals surface area contributed by atoms with Crippen LogP contribution < -0.4 is 11.1 Å². The average Bonchev–Trinajstić information content (AvgIpc) is 2.48. The standard InChI is InChI=1S/C16H14N2O4S/c17-14-7-5-12(9-16(14)23(20,21)22)18-11-4-6-13-10(8-11)2-1-3-15(13)19/h1-9,18-19H,17H2,(H,20,21,22). The molecule has 0 fully saturated rings. The summed E-state index contributed by atoms with van der Waals surface area (Å²) < 4.78 is 31.8. The maximum absolute atomic E-state index is 11.3. The maximum atomic E-state index is 11.3. The molecule has 3 aromatic rings. The Kier molecular flexibility index (Phi) is 3.59. The van der Waals surface area contributed by atoms with Crippen LogP contribution in [0, 0.1) is 0 Å². The van der Waals surface area contributed by atoms with Gasteiger partial charge in [-0.05, 0) is 47.9 Å². The van der Waals surface area contributed by atoms with Crippen molar-refractivity contribution >= 4 is 38.0 Å². The first-order valence-electron chi connectivity index (χ1n) is 6.70. The van der Waals surface area contributed by atoms with Gasteiger partial charge in [0.15, 0.2) is 0 Å². The largest absolute Gasteiger partial charge is 0.507 e. The molecule has 7 heteroatoms. The molecule has 0 amide bonds. The molecule has 0 unspecified atom stereocenters. The number of hydrogen-bond donors (Lipinski definition) is 4. The van der Waals surface area contributed by atoms with Crippen molar-refractivity contribution in [2.24, 2.45) is 0 Å². The third kappa shape index (κ3) is 3.05. The van der Waals surface area contributed by atoms with E-state index in [0.29, 0.717) is 16.8 Å². The highest BCUT2D eigenvalue weighted by atomic mass is 32.2. The monoisotopic (exact) mass is 330 g/mol. The number of phenols is 1. The Morgan fingerprint density at radius 1 is 0.957 bits per heavy atom. The smallest absolute Gasteiger partial charge is 0.296 e. The minimum atomic E-state index is -4.39. The Balaban J connectivity index is 1.99. The van der Waals surface area contributed by atoms with Crippen LogP contribution in [0.5, 0.6) is 5.75 Å². The molecule has 3 rings (SSSR count). The third-order valence-corrected chi connectivity index (χ3v) is 4.35. The molecule has 0 saturated heterocycles. The van der Waals surface area contributed by atoms with Crippen molar-refractivity contribution in [2.45, 2.75) is 4.90 Å². The summed E-state index contributed by atoms with van der Waals surface area (Å²) in [6.07, 6.45) is 0. The second-order valence-corrected chi connectivity index (χ2v) is 6.46. The van der Waals surface area contributed by atoms with Crippen molar-refractivity contribution in [3.63, 3.8) is 0 Å². The number of nitrogen functional groups attached to an aromatic ring is 1. The zero-order valence-electron chi connectivity index (χ0n) is 11.9. The Labute approximate surface area is 132 Å². The lowest BCUT2D eigenvalue weighted by atomic mass is 10.1. The summed E-state index contributed by atoms with van der Waals surface area (Å²) in [5.74, 6) is 0.190. The van der Waals surface area contributed by atoms with Crippen LogP contribution in [0.25, 0.3) is 10.8 Å². The van der Waals surface area contributed by atoms with E-state index < -0.39 is 10.1 Å². The van der Waals surface area contributed by atoms with Gasteiger partial charge in [0.25, 0.3) is 10.1 Å². The lowest BCUT2D eigenvalue weighted by molar-refractivity contribution is 0.481. The van der Waals surface area contributed by atoms with Crippen molar-refractivity contribution in [2.75, 3.05) is 11.1 Å². The van der Waals surface area contributed by atoms with E-state index in [9.17, 15) is 13.5 Å². The van der Waals surface area contributed by atoms with Crippen molar-refractivity contribution < 1.29 is 18.1 Å². The van der Waals surface area contributed by atoms with Gasteiger partial charge in [-0.25, -0.2) is 0 Å². The number of hydrogen-bond acceptors (Lipinski definition) is 5. The lowest BCUT2D eigenvalue weighted by Gasteiger charge is -2.10. The Hall–Kier alpha value is -2.77. The molecule has 0 spiro atoms. The molecule has 0 aliphatic rings. The summed E-state index contributed by atoms with van der Waals surface area (Å²) in [6, 6.07) is 14.8. The number of rotatable bonds is 3. The summed E-state index contributed by atoms with van der Waals surface area (Å²) in [5, 5.41) is 14.4. The van der Waals surface area contributed by atoms with Crippen molar-refractivity contribution in [1.82, 2.24) is 0 Å². The Bertz CT molecular complexity index is 1000. The SMILES string of the molecule is Nc1ccc(Nc2ccc3c(O)cccc3c2)cc1S(=O)(=O)O. The number of anilines is 3. The second-order valence-electron chi connectivity index (χ2n) is 5.07. The predicted octanol–water partition coefficient (Wildman–Crippen LogP) is 3.12. The quantitative estimate of drug-likeness (QED) is 0.433. The highest BCUT2D eigenvalue weighted by Gasteiger charge is 2.14. The van der Waals surface area contributed by atoms with E-state index in [2.05, 4.69) is 5.32 Å². The molecule has 0 saturated carbocycles. The summed E-state index contributed by atoms with van der Waals surface area (Å²) in [4.78, 5) is -0.346. The number of nitrogens with one attached hydrogen (secondary N) is 1. The van der Waals surface area contributed by atoms with Gasteiger partial charge in [0.2, 0.25) is 0 Å². The van der Waals surface area contributed by atoms with Crippen molar-refractivity contribution in [3.05, 3.63) is 54.6 Å². The number of fused-ring (bicyclic) bond motifs is 1. The van der Waals surface area contributed by atoms with Crippen LogP contribution in [0.1, 0.15) is 0 Å². The first-order chi connectivity index (χ1) is 10.8. The van der Waals surface area contributed by atoms with Gasteiger partial charge in [0.1, 0.15) is 10.6 Å². The maximum Gasteiger partial charge on any atom is 0.296 e. The summed E-state index contributed by atoms with van der Waals surface area (Å²) in [5.41, 5.74) is 6.71. The molecule has 23 heavy (non-hydrogen) atoms. The van der Waals surface area contributed by atoms with Crippen molar-refractivity contribution in [1.29, 1.82) is 0 Å². The van der Waals surface area contributed by atoms with Gasteiger partial charge in [-0.15, -0.1) is 0 Å². The van der Waals surface area contributed by atoms with E-state index in [1.807, 2.05) is 12.1 Å². The molecule has 5 N–H and O–H groups in total. The zero-order valence-corrected chi connectivity index (χ0v) is 12.7. The topological polar surface area (TPSA) is 113 Å². The number of benzene rings is 3. The Morgan fingerprint density at radius 3 is 2.39 bits per heavy atom. The number of phenolic OH excluding ortho intramolecular Hbond substituents is 1. The molecule has 0 radical (unpaired) electrons. The minimum Gasteiger partial charge on any atom is -0.507 e. The van der Waals surface area contributed by atoms with Gasteiger partial charge in [0, 0.05) is 16.8 Å². The van der Waals surface area contributed by atoms with E-state index in [1.54, 1.807) is 30.3 Å². The second kappa shape index (κ2) is 5.45. The molecule has 118 valence electrons. The molecule has 6 nitrogen and oxygen atoms in total. The van der Waals surface area contributed by atoms with E-state index in [-0.39, 0.29) is 16.3 Å². The molecule has 0 aliphatic heterocycles. The van der Waals surface area contributed by atoms with Crippen LogP contribution in [-0.2, 0) is 10.1 Å². The van der Waals surface area contributed by atoms with Crippen LogP contribution in [-0.4, -0.2) is 18.1 Å². The summed E-state index contributed by atoms with van der Waals surface area (Å²) >= 11 is 0. The molecule has 3 aromatic carbocycles. The van der Waals surface area contributed by atoms with Crippen LogP contribution >= 0.6 is 0 Å². The molecule has 0 atom stereocenters. The normalized spacial score (nSPS) is 11.5. The third-order valence-electron chi connectivity index (χ3n) is 3.44. The molecule has 0 heterocycles. The predicted molar refractivity (Wildman–Crippen MR) is 89.6 cm³/mol. The highest BCUT2D eigenvalue weighted by Crippen LogP contribution is 2.29. The fourth-order valence-electron chi connectivity index (χ4n) is 2.35. The summed E-state index contributed by atoms with van der Waals surface area (Å²) in [7, 11) is -4.39. The van der Waals surface area contributed by atoms with E-state index in [1.165, 1.54) is 12.1 Å².